The summed E-state index contributed by atoms with van der Waals surface area (Å²) in [7, 11) is 0. The Morgan fingerprint density at radius 2 is 1.47 bits per heavy atom. The molecule has 0 radical (unpaired) electrons. The Labute approximate surface area is 107 Å². The summed E-state index contributed by atoms with van der Waals surface area (Å²) in [6.07, 6.45) is 10.5. The smallest absolute Gasteiger partial charge is 0.120 e. The van der Waals surface area contributed by atoms with Gasteiger partial charge in [0.2, 0.25) is 0 Å². The molecule has 1 heteroatoms. The van der Waals surface area contributed by atoms with Crippen molar-refractivity contribution in [3.05, 3.63) is 23.3 Å². The zero-order valence-electron chi connectivity index (χ0n) is 12.2. The average Bonchev–Trinajstić information content (AvgIpc) is 2.22. The molecule has 0 unspecified atom stereocenters. The molecule has 0 fully saturated rings. The fourth-order valence-corrected chi connectivity index (χ4v) is 1.52. The molecule has 0 atom stereocenters. The van der Waals surface area contributed by atoms with E-state index in [9.17, 15) is 4.79 Å². The maximum absolute atomic E-state index is 10.2. The Hall–Kier alpha value is -0.850. The first-order valence-corrected chi connectivity index (χ1v) is 6.60. The number of carbonyl (C=O) groups is 1. The SMILES string of the molecule is C/C(=C\CC/C(C)=C/CC(C)(C)C)CCC=O. The highest BCUT2D eigenvalue weighted by molar-refractivity contribution is 5.49. The molecule has 0 spiro atoms. The molecule has 0 aliphatic heterocycles. The molecule has 0 aliphatic rings. The standard InChI is InChI=1S/C16H28O/c1-14(10-7-13-17)8-6-9-15(2)11-12-16(3,4)5/h8,11,13H,6-7,9-10,12H2,1-5H3/b14-8+,15-11+. The van der Waals surface area contributed by atoms with E-state index in [2.05, 4.69) is 46.8 Å². The van der Waals surface area contributed by atoms with Crippen molar-refractivity contribution in [1.29, 1.82) is 0 Å². The summed E-state index contributed by atoms with van der Waals surface area (Å²) in [5, 5.41) is 0. The number of hydrogen-bond acceptors (Lipinski definition) is 1. The van der Waals surface area contributed by atoms with Gasteiger partial charge in [-0.25, -0.2) is 0 Å². The van der Waals surface area contributed by atoms with Crippen LogP contribution in [0.25, 0.3) is 0 Å². The Balaban J connectivity index is 3.91. The second-order valence-corrected chi connectivity index (χ2v) is 6.11. The van der Waals surface area contributed by atoms with Gasteiger partial charge >= 0.3 is 0 Å². The van der Waals surface area contributed by atoms with E-state index in [1.807, 2.05) is 0 Å². The predicted octanol–water partition coefficient (Wildman–Crippen LogP) is 5.07. The Kier molecular flexibility index (Phi) is 7.86. The van der Waals surface area contributed by atoms with Gasteiger partial charge in [0, 0.05) is 6.42 Å². The van der Waals surface area contributed by atoms with E-state index in [1.165, 1.54) is 11.1 Å². The van der Waals surface area contributed by atoms with E-state index >= 15 is 0 Å². The minimum atomic E-state index is 0.386. The van der Waals surface area contributed by atoms with Crippen molar-refractivity contribution in [1.82, 2.24) is 0 Å². The molecular formula is C16H28O. The van der Waals surface area contributed by atoms with E-state index in [-0.39, 0.29) is 0 Å². The van der Waals surface area contributed by atoms with E-state index in [0.717, 1.165) is 32.0 Å². The predicted molar refractivity (Wildman–Crippen MR) is 76.1 cm³/mol. The van der Waals surface area contributed by atoms with Crippen LogP contribution in [-0.4, -0.2) is 6.29 Å². The topological polar surface area (TPSA) is 17.1 Å². The van der Waals surface area contributed by atoms with E-state index in [1.54, 1.807) is 0 Å². The molecule has 17 heavy (non-hydrogen) atoms. The number of aldehydes is 1. The normalized spacial score (nSPS) is 13.9. The van der Waals surface area contributed by atoms with Crippen molar-refractivity contribution >= 4 is 6.29 Å². The van der Waals surface area contributed by atoms with Gasteiger partial charge in [0.25, 0.3) is 0 Å². The minimum absolute atomic E-state index is 0.386. The lowest BCUT2D eigenvalue weighted by molar-refractivity contribution is -0.107. The lowest BCUT2D eigenvalue weighted by atomic mass is 9.91. The maximum Gasteiger partial charge on any atom is 0.120 e. The summed E-state index contributed by atoms with van der Waals surface area (Å²) in [6.45, 7) is 11.1. The molecule has 0 rings (SSSR count). The van der Waals surface area contributed by atoms with Gasteiger partial charge in [-0.2, -0.15) is 0 Å². The van der Waals surface area contributed by atoms with Crippen LogP contribution in [0.4, 0.5) is 0 Å². The van der Waals surface area contributed by atoms with Crippen LogP contribution in [0.3, 0.4) is 0 Å². The van der Waals surface area contributed by atoms with Crippen LogP contribution in [0, 0.1) is 5.41 Å². The maximum atomic E-state index is 10.2. The van der Waals surface area contributed by atoms with Gasteiger partial charge in [0.15, 0.2) is 0 Å². The lowest BCUT2D eigenvalue weighted by Gasteiger charge is -2.15. The van der Waals surface area contributed by atoms with Crippen molar-refractivity contribution in [2.75, 3.05) is 0 Å². The van der Waals surface area contributed by atoms with E-state index in [0.29, 0.717) is 11.8 Å². The molecule has 0 saturated carbocycles. The summed E-state index contributed by atoms with van der Waals surface area (Å²) in [5.41, 5.74) is 3.19. The Morgan fingerprint density at radius 1 is 0.941 bits per heavy atom. The first-order chi connectivity index (χ1) is 7.85. The number of rotatable bonds is 7. The summed E-state index contributed by atoms with van der Waals surface area (Å²) in [5.74, 6) is 0. The quantitative estimate of drug-likeness (QED) is 0.445. The molecule has 0 aliphatic carbocycles. The third-order valence-electron chi connectivity index (χ3n) is 2.75. The monoisotopic (exact) mass is 236 g/mol. The van der Waals surface area contributed by atoms with E-state index < -0.39 is 0 Å². The van der Waals surface area contributed by atoms with Crippen LogP contribution >= 0.6 is 0 Å². The van der Waals surface area contributed by atoms with Crippen molar-refractivity contribution in [2.45, 2.75) is 66.7 Å². The van der Waals surface area contributed by atoms with Crippen molar-refractivity contribution in [3.63, 3.8) is 0 Å². The molecule has 0 aromatic rings. The van der Waals surface area contributed by atoms with Gasteiger partial charge < -0.3 is 4.79 Å². The van der Waals surface area contributed by atoms with E-state index in [4.69, 9.17) is 0 Å². The second-order valence-electron chi connectivity index (χ2n) is 6.11. The Morgan fingerprint density at radius 3 is 2.00 bits per heavy atom. The summed E-state index contributed by atoms with van der Waals surface area (Å²) >= 11 is 0. The molecule has 0 saturated heterocycles. The Bertz CT molecular complexity index is 276. The van der Waals surface area contributed by atoms with Gasteiger partial charge in [0.1, 0.15) is 6.29 Å². The molecule has 1 nitrogen and oxygen atoms in total. The average molecular weight is 236 g/mol. The van der Waals surface area contributed by atoms with Crippen LogP contribution in [0.1, 0.15) is 66.7 Å². The van der Waals surface area contributed by atoms with Crippen molar-refractivity contribution in [2.24, 2.45) is 5.41 Å². The summed E-state index contributed by atoms with van der Waals surface area (Å²) in [6, 6.07) is 0. The highest BCUT2D eigenvalue weighted by atomic mass is 16.1. The molecule has 98 valence electrons. The van der Waals surface area contributed by atoms with Gasteiger partial charge in [0.05, 0.1) is 0 Å². The zero-order chi connectivity index (χ0) is 13.3. The van der Waals surface area contributed by atoms with Crippen molar-refractivity contribution < 1.29 is 4.79 Å². The molecule has 0 heterocycles. The highest BCUT2D eigenvalue weighted by Crippen LogP contribution is 2.21. The van der Waals surface area contributed by atoms with Gasteiger partial charge in [-0.05, 0) is 44.9 Å². The van der Waals surface area contributed by atoms with Gasteiger partial charge in [-0.15, -0.1) is 0 Å². The molecule has 0 amide bonds. The van der Waals surface area contributed by atoms with Gasteiger partial charge in [-0.1, -0.05) is 44.1 Å². The third kappa shape index (κ3) is 11.4. The summed E-state index contributed by atoms with van der Waals surface area (Å²) in [4.78, 5) is 10.2. The minimum Gasteiger partial charge on any atom is -0.303 e. The van der Waals surface area contributed by atoms with Crippen LogP contribution in [0.5, 0.6) is 0 Å². The molecular weight excluding hydrogens is 208 g/mol. The molecule has 0 N–H and O–H groups in total. The second kappa shape index (κ2) is 8.27. The van der Waals surface area contributed by atoms with Crippen LogP contribution < -0.4 is 0 Å². The van der Waals surface area contributed by atoms with Crippen LogP contribution in [-0.2, 0) is 4.79 Å². The number of allylic oxidation sites excluding steroid dienone is 4. The highest BCUT2D eigenvalue weighted by Gasteiger charge is 2.07. The number of carbonyl (C=O) groups excluding carboxylic acids is 1. The van der Waals surface area contributed by atoms with Crippen LogP contribution in [0.15, 0.2) is 23.3 Å². The third-order valence-corrected chi connectivity index (χ3v) is 2.75. The van der Waals surface area contributed by atoms with Crippen molar-refractivity contribution in [3.8, 4) is 0 Å². The lowest BCUT2D eigenvalue weighted by Crippen LogP contribution is -2.02. The number of hydrogen-bond donors (Lipinski definition) is 0. The molecule has 0 aromatic heterocycles. The first-order valence-electron chi connectivity index (χ1n) is 6.60. The fraction of sp³-hybridized carbons (Fsp3) is 0.688. The first kappa shape index (κ1) is 16.1. The largest absolute Gasteiger partial charge is 0.303 e. The van der Waals surface area contributed by atoms with Gasteiger partial charge in [-0.3, -0.25) is 0 Å². The zero-order valence-corrected chi connectivity index (χ0v) is 12.2. The molecule has 0 aromatic carbocycles. The van der Waals surface area contributed by atoms with Crippen LogP contribution in [0.2, 0.25) is 0 Å². The summed E-state index contributed by atoms with van der Waals surface area (Å²) < 4.78 is 0. The molecule has 0 bridgehead atoms. The fourth-order valence-electron chi connectivity index (χ4n) is 1.52.